The molecule has 1 aromatic carbocycles. The number of aromatic hydroxyl groups is 1. The Kier molecular flexibility index (Phi) is 12.8. The normalized spacial score (nSPS) is 13.1. The van der Waals surface area contributed by atoms with Gasteiger partial charge in [-0.2, -0.15) is 0 Å². The van der Waals surface area contributed by atoms with Crippen molar-refractivity contribution in [2.45, 2.75) is 105 Å². The van der Waals surface area contributed by atoms with Crippen LogP contribution in [0.5, 0.6) is 5.75 Å². The molecule has 0 spiro atoms. The van der Waals surface area contributed by atoms with E-state index in [0.29, 0.717) is 30.0 Å². The molecule has 3 N–H and O–H groups in total. The number of phenolic OH excluding ortho intramolecular Hbond substituents is 1. The van der Waals surface area contributed by atoms with Crippen LogP contribution in [0.2, 0.25) is 0 Å². The van der Waals surface area contributed by atoms with Crippen molar-refractivity contribution < 1.29 is 24.2 Å². The maximum absolute atomic E-state index is 13.6. The molecule has 3 amide bonds. The van der Waals surface area contributed by atoms with Crippen molar-refractivity contribution in [1.82, 2.24) is 15.5 Å². The molecule has 0 saturated heterocycles. The number of unbranched alkanes of at least 4 members (excludes halogenated alkanes) is 2. The van der Waals surface area contributed by atoms with Crippen LogP contribution < -0.4 is 10.6 Å². The van der Waals surface area contributed by atoms with E-state index in [4.69, 9.17) is 4.74 Å². The highest BCUT2D eigenvalue weighted by molar-refractivity contribution is 5.90. The van der Waals surface area contributed by atoms with E-state index >= 15 is 0 Å². The molecule has 0 heterocycles. The number of benzene rings is 1. The summed E-state index contributed by atoms with van der Waals surface area (Å²) in [6, 6.07) is 3.79. The average molecular weight is 506 g/mol. The molecule has 1 aromatic rings. The van der Waals surface area contributed by atoms with Crippen molar-refractivity contribution in [2.75, 3.05) is 13.1 Å². The van der Waals surface area contributed by atoms with Gasteiger partial charge in [-0.1, -0.05) is 39.7 Å². The minimum atomic E-state index is -0.902. The van der Waals surface area contributed by atoms with Gasteiger partial charge in [-0.05, 0) is 83.1 Å². The van der Waals surface area contributed by atoms with Crippen molar-refractivity contribution in [1.29, 1.82) is 0 Å². The second kappa shape index (κ2) is 14.7. The van der Waals surface area contributed by atoms with Gasteiger partial charge in [0, 0.05) is 12.6 Å². The largest absolute Gasteiger partial charge is 0.508 e. The highest BCUT2D eigenvalue weighted by Gasteiger charge is 2.35. The Bertz CT molecular complexity index is 863. The number of rotatable bonds is 13. The fourth-order valence-corrected chi connectivity index (χ4v) is 3.88. The molecule has 0 saturated carbocycles. The van der Waals surface area contributed by atoms with E-state index in [1.165, 1.54) is 0 Å². The van der Waals surface area contributed by atoms with Crippen LogP contribution in [0.25, 0.3) is 0 Å². The molecule has 0 aromatic heterocycles. The van der Waals surface area contributed by atoms with Crippen LogP contribution >= 0.6 is 0 Å². The first-order valence-electron chi connectivity index (χ1n) is 13.1. The number of ether oxygens (including phenoxy) is 1. The van der Waals surface area contributed by atoms with Gasteiger partial charge in [0.1, 0.15) is 23.9 Å². The van der Waals surface area contributed by atoms with Crippen molar-refractivity contribution in [3.05, 3.63) is 29.3 Å². The van der Waals surface area contributed by atoms with Gasteiger partial charge < -0.3 is 25.4 Å². The summed E-state index contributed by atoms with van der Waals surface area (Å²) < 4.78 is 5.28. The zero-order chi connectivity index (χ0) is 27.5. The van der Waals surface area contributed by atoms with Crippen LogP contribution in [0.1, 0.15) is 97.7 Å². The maximum atomic E-state index is 13.6. The number of carbonyl (C=O) groups excluding carboxylic acids is 3. The third-order valence-electron chi connectivity index (χ3n) is 5.85. The Hall–Kier alpha value is -2.77. The van der Waals surface area contributed by atoms with Crippen LogP contribution in [-0.4, -0.2) is 52.6 Å². The summed E-state index contributed by atoms with van der Waals surface area (Å²) in [7, 11) is 0. The topological polar surface area (TPSA) is 108 Å². The van der Waals surface area contributed by atoms with E-state index in [9.17, 15) is 19.5 Å². The smallest absolute Gasteiger partial charge is 0.408 e. The van der Waals surface area contributed by atoms with Gasteiger partial charge in [0.25, 0.3) is 0 Å². The SMILES string of the molecule is CCCCCNC(=O)C(c1ccc(O)c(C)c1)N(C(=O)CNC(=O)OC(C)(C)C)C(C)CCC(C)C. The number of phenols is 1. The molecule has 0 fully saturated rings. The molecule has 0 aliphatic carbocycles. The number of carbonyl (C=O) groups is 3. The number of nitrogens with zero attached hydrogens (tertiary/aromatic N) is 1. The third kappa shape index (κ3) is 10.9. The first-order chi connectivity index (χ1) is 16.8. The zero-order valence-corrected chi connectivity index (χ0v) is 23.4. The van der Waals surface area contributed by atoms with Crippen LogP contribution in [-0.2, 0) is 14.3 Å². The first-order valence-corrected chi connectivity index (χ1v) is 13.1. The van der Waals surface area contributed by atoms with Gasteiger partial charge >= 0.3 is 6.09 Å². The van der Waals surface area contributed by atoms with Gasteiger partial charge in [0.15, 0.2) is 0 Å². The Morgan fingerprint density at radius 1 is 1.06 bits per heavy atom. The molecule has 8 nitrogen and oxygen atoms in total. The van der Waals surface area contributed by atoms with Gasteiger partial charge in [-0.25, -0.2) is 4.79 Å². The lowest BCUT2D eigenvalue weighted by Crippen LogP contribution is -2.51. The Morgan fingerprint density at radius 3 is 2.28 bits per heavy atom. The van der Waals surface area contributed by atoms with Crippen LogP contribution in [0.15, 0.2) is 18.2 Å². The Morgan fingerprint density at radius 2 is 1.72 bits per heavy atom. The van der Waals surface area contributed by atoms with Crippen LogP contribution in [0, 0.1) is 12.8 Å². The lowest BCUT2D eigenvalue weighted by atomic mass is 9.97. The van der Waals surface area contributed by atoms with Crippen molar-refractivity contribution in [3.8, 4) is 5.75 Å². The van der Waals surface area contributed by atoms with Gasteiger partial charge in [0.05, 0.1) is 0 Å². The average Bonchev–Trinajstić information content (AvgIpc) is 2.77. The summed E-state index contributed by atoms with van der Waals surface area (Å²) in [5.41, 5.74) is 0.535. The van der Waals surface area contributed by atoms with Crippen molar-refractivity contribution in [3.63, 3.8) is 0 Å². The summed E-state index contributed by atoms with van der Waals surface area (Å²) in [6.07, 6.45) is 3.77. The Balaban J connectivity index is 3.33. The van der Waals surface area contributed by atoms with Crippen LogP contribution in [0.3, 0.4) is 0 Å². The second-order valence-electron chi connectivity index (χ2n) is 10.9. The van der Waals surface area contributed by atoms with E-state index in [0.717, 1.165) is 25.7 Å². The molecule has 0 aliphatic heterocycles. The van der Waals surface area contributed by atoms with E-state index in [1.54, 1.807) is 50.8 Å². The van der Waals surface area contributed by atoms with Crippen LogP contribution in [0.4, 0.5) is 4.79 Å². The summed E-state index contributed by atoms with van der Waals surface area (Å²) >= 11 is 0. The van der Waals surface area contributed by atoms with Gasteiger partial charge in [-0.3, -0.25) is 9.59 Å². The number of hydrogen-bond acceptors (Lipinski definition) is 5. The molecule has 0 aliphatic rings. The molecule has 2 unspecified atom stereocenters. The molecule has 0 radical (unpaired) electrons. The maximum Gasteiger partial charge on any atom is 0.408 e. The van der Waals surface area contributed by atoms with Crippen molar-refractivity contribution >= 4 is 17.9 Å². The number of hydrogen-bond donors (Lipinski definition) is 3. The molecule has 36 heavy (non-hydrogen) atoms. The Labute approximate surface area is 217 Å². The number of aryl methyl sites for hydroxylation is 1. The first kappa shape index (κ1) is 31.3. The van der Waals surface area contributed by atoms with Gasteiger partial charge in [0.2, 0.25) is 11.8 Å². The molecular weight excluding hydrogens is 458 g/mol. The lowest BCUT2D eigenvalue weighted by Gasteiger charge is -2.37. The highest BCUT2D eigenvalue weighted by Crippen LogP contribution is 2.29. The van der Waals surface area contributed by atoms with E-state index in [1.807, 2.05) is 6.92 Å². The molecule has 204 valence electrons. The van der Waals surface area contributed by atoms with E-state index in [2.05, 4.69) is 31.4 Å². The third-order valence-corrected chi connectivity index (χ3v) is 5.85. The summed E-state index contributed by atoms with van der Waals surface area (Å²) in [5, 5.41) is 15.6. The molecule has 0 bridgehead atoms. The molecule has 1 rings (SSSR count). The minimum absolute atomic E-state index is 0.123. The van der Waals surface area contributed by atoms with Crippen molar-refractivity contribution in [2.24, 2.45) is 5.92 Å². The quantitative estimate of drug-likeness (QED) is 0.318. The zero-order valence-electron chi connectivity index (χ0n) is 23.4. The van der Waals surface area contributed by atoms with E-state index < -0.39 is 17.7 Å². The highest BCUT2D eigenvalue weighted by atomic mass is 16.6. The van der Waals surface area contributed by atoms with Gasteiger partial charge in [-0.15, -0.1) is 0 Å². The predicted octanol–water partition coefficient (Wildman–Crippen LogP) is 5.23. The molecule has 8 heteroatoms. The van der Waals surface area contributed by atoms with E-state index in [-0.39, 0.29) is 30.2 Å². The lowest BCUT2D eigenvalue weighted by molar-refractivity contribution is -0.142. The molecular formula is C28H47N3O5. The fraction of sp³-hybridized carbons (Fsp3) is 0.679. The standard InChI is InChI=1S/C28H47N3O5/c1-9-10-11-16-29-26(34)25(22-14-15-23(32)20(4)17-22)31(21(5)13-12-19(2)3)24(33)18-30-27(35)36-28(6,7)8/h14-15,17,19,21,25,32H,9-13,16,18H2,1-8H3,(H,29,34)(H,30,35). The number of alkyl carbamates (subject to hydrolysis) is 1. The summed E-state index contributed by atoms with van der Waals surface area (Å²) in [6.45, 7) is 15.5. The summed E-state index contributed by atoms with van der Waals surface area (Å²) in [4.78, 5) is 40.9. The fourth-order valence-electron chi connectivity index (χ4n) is 3.88. The number of nitrogens with one attached hydrogen (secondary N) is 2. The monoisotopic (exact) mass is 505 g/mol. The second-order valence-corrected chi connectivity index (χ2v) is 10.9. The predicted molar refractivity (Wildman–Crippen MR) is 143 cm³/mol. The number of amides is 3. The molecule has 2 atom stereocenters. The minimum Gasteiger partial charge on any atom is -0.508 e. The summed E-state index contributed by atoms with van der Waals surface area (Å²) in [5.74, 6) is -0.102.